The molecule has 0 aliphatic heterocycles. The van der Waals surface area contributed by atoms with Gasteiger partial charge in [0.15, 0.2) is 5.69 Å². The topological polar surface area (TPSA) is 129 Å². The number of carbonyl (C=O) groups is 1. The Morgan fingerprint density at radius 2 is 1.89 bits per heavy atom. The molecular weight excluding hydrogens is 368 g/mol. The maximum atomic E-state index is 12.4. The van der Waals surface area contributed by atoms with Gasteiger partial charge in [0.2, 0.25) is 17.7 Å². The Morgan fingerprint density at radius 1 is 1.22 bits per heavy atom. The largest absolute Gasteiger partial charge is 0.493 e. The number of aromatic nitrogens is 1. The first kappa shape index (κ1) is 19.9. The van der Waals surface area contributed by atoms with Crippen LogP contribution in [-0.4, -0.2) is 21.5 Å². The first-order valence-electron chi connectivity index (χ1n) is 7.88. The summed E-state index contributed by atoms with van der Waals surface area (Å²) in [5.41, 5.74) is 7.75. The predicted octanol–water partition coefficient (Wildman–Crippen LogP) is 3.69. The number of fused-ring (bicyclic) bond motifs is 1. The van der Waals surface area contributed by atoms with Gasteiger partial charge >= 0.3 is 0 Å². The quantitative estimate of drug-likeness (QED) is 0.310. The number of nitrogens with zero attached hydrogens (tertiary/aromatic N) is 3. The van der Waals surface area contributed by atoms with Gasteiger partial charge in [0, 0.05) is 11.1 Å². The smallest absolute Gasteiger partial charge is 0.244 e. The minimum Gasteiger partial charge on any atom is -0.493 e. The van der Waals surface area contributed by atoms with E-state index in [1.165, 1.54) is 4.57 Å². The number of amides is 1. The molecule has 0 aliphatic rings. The lowest BCUT2D eigenvalue weighted by atomic mass is 10.2. The van der Waals surface area contributed by atoms with E-state index in [2.05, 4.69) is 15.5 Å². The summed E-state index contributed by atoms with van der Waals surface area (Å²) in [7, 11) is 0. The van der Waals surface area contributed by atoms with Crippen LogP contribution >= 0.6 is 12.4 Å². The Balaban J connectivity index is 0.00000261. The van der Waals surface area contributed by atoms with Crippen LogP contribution in [0.1, 0.15) is 5.56 Å². The van der Waals surface area contributed by atoms with Crippen molar-refractivity contribution in [2.75, 3.05) is 5.32 Å². The number of para-hydroxylation sites is 1. The van der Waals surface area contributed by atoms with Gasteiger partial charge in [-0.3, -0.25) is 10.2 Å². The fourth-order valence-electron chi connectivity index (χ4n) is 2.62. The van der Waals surface area contributed by atoms with Crippen LogP contribution in [0, 0.1) is 12.3 Å². The molecule has 0 saturated heterocycles. The second kappa shape index (κ2) is 8.33. The molecule has 0 atom stereocenters. The zero-order valence-electron chi connectivity index (χ0n) is 14.5. The van der Waals surface area contributed by atoms with E-state index >= 15 is 0 Å². The van der Waals surface area contributed by atoms with Gasteiger partial charge in [-0.2, -0.15) is 0 Å². The minimum absolute atomic E-state index is 0. The lowest BCUT2D eigenvalue weighted by molar-refractivity contribution is -0.116. The summed E-state index contributed by atoms with van der Waals surface area (Å²) in [6, 6.07) is 14.5. The van der Waals surface area contributed by atoms with E-state index in [9.17, 15) is 9.90 Å². The Hall–Kier alpha value is -3.39. The van der Waals surface area contributed by atoms with Crippen LogP contribution in [0.4, 0.5) is 11.4 Å². The van der Waals surface area contributed by atoms with Gasteiger partial charge in [-0.1, -0.05) is 35.9 Å². The maximum absolute atomic E-state index is 12.4. The zero-order chi connectivity index (χ0) is 18.7. The van der Waals surface area contributed by atoms with Gasteiger partial charge in [-0.25, -0.2) is 0 Å². The molecule has 0 bridgehead atoms. The lowest BCUT2D eigenvalue weighted by Crippen LogP contribution is -2.18. The van der Waals surface area contributed by atoms with E-state index in [4.69, 9.17) is 11.1 Å². The minimum atomic E-state index is -0.474. The van der Waals surface area contributed by atoms with E-state index in [1.807, 2.05) is 31.2 Å². The normalized spacial score (nSPS) is 10.7. The highest BCUT2D eigenvalue weighted by Crippen LogP contribution is 2.38. The number of aryl methyl sites for hydroxylation is 1. The average molecular weight is 387 g/mol. The van der Waals surface area contributed by atoms with Crippen molar-refractivity contribution < 1.29 is 9.90 Å². The molecular formula is C18H19ClN6O2. The number of anilines is 1. The molecule has 1 aromatic heterocycles. The Morgan fingerprint density at radius 3 is 2.56 bits per heavy atom. The van der Waals surface area contributed by atoms with Gasteiger partial charge in [0.25, 0.3) is 0 Å². The van der Waals surface area contributed by atoms with Crippen molar-refractivity contribution in [2.45, 2.75) is 13.5 Å². The van der Waals surface area contributed by atoms with Crippen LogP contribution in [0.3, 0.4) is 0 Å². The summed E-state index contributed by atoms with van der Waals surface area (Å²) in [5, 5.41) is 28.4. The summed E-state index contributed by atoms with van der Waals surface area (Å²) in [6.45, 7) is 1.86. The van der Waals surface area contributed by atoms with Crippen molar-refractivity contribution >= 4 is 46.6 Å². The van der Waals surface area contributed by atoms with Crippen molar-refractivity contribution in [2.24, 2.45) is 16.0 Å². The van der Waals surface area contributed by atoms with Crippen molar-refractivity contribution in [3.8, 4) is 5.88 Å². The SMILES string of the molecule is Cc1ccc(NC(=O)Cn2c(O)c(N=NC(=N)N)c3ccccc32)cc1.Cl. The third kappa shape index (κ3) is 4.42. The molecule has 140 valence electrons. The highest BCUT2D eigenvalue weighted by molar-refractivity contribution is 5.98. The second-order valence-electron chi connectivity index (χ2n) is 5.77. The van der Waals surface area contributed by atoms with E-state index in [0.717, 1.165) is 5.56 Å². The molecule has 0 unspecified atom stereocenters. The number of halogens is 1. The molecule has 9 heteroatoms. The van der Waals surface area contributed by atoms with E-state index in [1.54, 1.807) is 24.3 Å². The van der Waals surface area contributed by atoms with Crippen molar-refractivity contribution in [1.29, 1.82) is 5.41 Å². The summed E-state index contributed by atoms with van der Waals surface area (Å²) < 4.78 is 1.44. The Bertz CT molecular complexity index is 1010. The number of nitrogens with one attached hydrogen (secondary N) is 2. The number of azo groups is 1. The van der Waals surface area contributed by atoms with Gasteiger partial charge < -0.3 is 20.7 Å². The number of carbonyl (C=O) groups excluding carboxylic acids is 1. The van der Waals surface area contributed by atoms with Crippen LogP contribution in [0.25, 0.3) is 10.9 Å². The average Bonchev–Trinajstić information content (AvgIpc) is 2.87. The fourth-order valence-corrected chi connectivity index (χ4v) is 2.62. The van der Waals surface area contributed by atoms with Crippen LogP contribution in [0.5, 0.6) is 5.88 Å². The maximum Gasteiger partial charge on any atom is 0.244 e. The number of rotatable bonds is 4. The zero-order valence-corrected chi connectivity index (χ0v) is 15.3. The fraction of sp³-hybridized carbons (Fsp3) is 0.111. The highest BCUT2D eigenvalue weighted by Gasteiger charge is 2.18. The monoisotopic (exact) mass is 386 g/mol. The molecule has 27 heavy (non-hydrogen) atoms. The molecule has 0 fully saturated rings. The Kier molecular flexibility index (Phi) is 6.15. The van der Waals surface area contributed by atoms with Crippen LogP contribution in [-0.2, 0) is 11.3 Å². The number of aromatic hydroxyl groups is 1. The Labute approximate surface area is 161 Å². The van der Waals surface area contributed by atoms with Gasteiger partial charge in [0.05, 0.1) is 5.52 Å². The lowest BCUT2D eigenvalue weighted by Gasteiger charge is -2.08. The second-order valence-corrected chi connectivity index (χ2v) is 5.77. The standard InChI is InChI=1S/C18H18N6O2.ClH/c1-11-6-8-12(9-7-11)21-15(25)10-24-14-5-3-2-4-13(14)16(17(24)26)22-23-18(19)20;/h2-9,26H,10H2,1H3,(H3,19,20)(H,21,25);1H. The molecule has 0 saturated carbocycles. The van der Waals surface area contributed by atoms with E-state index < -0.39 is 5.96 Å². The number of benzene rings is 2. The summed E-state index contributed by atoms with van der Waals surface area (Å²) in [5.74, 6) is -0.978. The number of guanidine groups is 1. The summed E-state index contributed by atoms with van der Waals surface area (Å²) >= 11 is 0. The van der Waals surface area contributed by atoms with Crippen molar-refractivity contribution in [3.05, 3.63) is 54.1 Å². The predicted molar refractivity (Wildman–Crippen MR) is 107 cm³/mol. The first-order valence-corrected chi connectivity index (χ1v) is 7.88. The van der Waals surface area contributed by atoms with Crippen LogP contribution < -0.4 is 11.1 Å². The van der Waals surface area contributed by atoms with E-state index in [0.29, 0.717) is 16.6 Å². The van der Waals surface area contributed by atoms with Crippen LogP contribution in [0.2, 0.25) is 0 Å². The van der Waals surface area contributed by atoms with Crippen molar-refractivity contribution in [1.82, 2.24) is 4.57 Å². The molecule has 3 aromatic rings. The molecule has 0 aliphatic carbocycles. The molecule has 5 N–H and O–H groups in total. The first-order chi connectivity index (χ1) is 12.5. The third-order valence-electron chi connectivity index (χ3n) is 3.81. The van der Waals surface area contributed by atoms with Crippen LogP contribution in [0.15, 0.2) is 58.8 Å². The van der Waals surface area contributed by atoms with Gasteiger partial charge in [0.1, 0.15) is 6.54 Å². The molecule has 2 aromatic carbocycles. The molecule has 3 rings (SSSR count). The summed E-state index contributed by atoms with van der Waals surface area (Å²) in [6.07, 6.45) is 0. The molecule has 0 spiro atoms. The van der Waals surface area contributed by atoms with Gasteiger partial charge in [-0.05, 0) is 25.1 Å². The van der Waals surface area contributed by atoms with E-state index in [-0.39, 0.29) is 36.4 Å². The van der Waals surface area contributed by atoms with Gasteiger partial charge in [-0.15, -0.1) is 22.6 Å². The molecule has 8 nitrogen and oxygen atoms in total. The molecule has 1 amide bonds. The summed E-state index contributed by atoms with van der Waals surface area (Å²) in [4.78, 5) is 12.4. The number of hydrogen-bond acceptors (Lipinski definition) is 4. The van der Waals surface area contributed by atoms with Crippen molar-refractivity contribution in [3.63, 3.8) is 0 Å². The number of hydrogen-bond donors (Lipinski definition) is 4. The third-order valence-corrected chi connectivity index (χ3v) is 3.81. The molecule has 1 heterocycles. The highest BCUT2D eigenvalue weighted by atomic mass is 35.5. The number of nitrogens with two attached hydrogens (primary N) is 1. The molecule has 0 radical (unpaired) electrons.